The minimum absolute atomic E-state index is 0.300. The van der Waals surface area contributed by atoms with Gasteiger partial charge in [0.25, 0.3) is 0 Å². The molecule has 2 N–H and O–H groups in total. The fourth-order valence-corrected chi connectivity index (χ4v) is 4.01. The topological polar surface area (TPSA) is 49.4 Å². The number of ether oxygens (including phenoxy) is 1. The molecule has 0 aliphatic carbocycles. The molecule has 0 unspecified atom stereocenters. The number of hydrogen-bond acceptors (Lipinski definition) is 5. The third-order valence-corrected chi connectivity index (χ3v) is 5.52. The molecule has 28 heavy (non-hydrogen) atoms. The van der Waals surface area contributed by atoms with Gasteiger partial charge in [0.1, 0.15) is 5.82 Å². The summed E-state index contributed by atoms with van der Waals surface area (Å²) in [4.78, 5) is 6.87. The Hall–Kier alpha value is -1.38. The van der Waals surface area contributed by atoms with E-state index < -0.39 is 6.36 Å². The highest BCUT2D eigenvalue weighted by atomic mass is 19.4. The zero-order valence-corrected chi connectivity index (χ0v) is 16.4. The van der Waals surface area contributed by atoms with Crippen molar-refractivity contribution in [3.05, 3.63) is 23.4 Å². The average Bonchev–Trinajstić information content (AvgIpc) is 3.20. The standard InChI is InChI=1S/C20H31F3N4O/c21-20(22,23)28-14-13-27(18-9-11-24-15-18)12-3-1-2-6-17-8-7-16-5-4-10-25-19(16)26-17/h7-8,18,24H,1-6,9-15H2,(H,25,26)/t18-/m1/s1. The van der Waals surface area contributed by atoms with Crippen LogP contribution < -0.4 is 10.6 Å². The molecule has 0 aromatic carbocycles. The van der Waals surface area contributed by atoms with Crippen molar-refractivity contribution in [2.45, 2.75) is 57.3 Å². The Morgan fingerprint density at radius 3 is 2.82 bits per heavy atom. The van der Waals surface area contributed by atoms with Gasteiger partial charge in [-0.2, -0.15) is 0 Å². The Labute approximate surface area is 165 Å². The zero-order valence-electron chi connectivity index (χ0n) is 16.4. The van der Waals surface area contributed by atoms with Crippen molar-refractivity contribution in [3.8, 4) is 0 Å². The largest absolute Gasteiger partial charge is 0.522 e. The highest BCUT2D eigenvalue weighted by Gasteiger charge is 2.30. The highest BCUT2D eigenvalue weighted by molar-refractivity contribution is 5.46. The van der Waals surface area contributed by atoms with E-state index in [1.807, 2.05) is 0 Å². The molecule has 1 atom stereocenters. The normalized spacial score (nSPS) is 19.6. The van der Waals surface area contributed by atoms with Gasteiger partial charge in [-0.05, 0) is 63.2 Å². The van der Waals surface area contributed by atoms with Crippen LogP contribution in [0.15, 0.2) is 12.1 Å². The van der Waals surface area contributed by atoms with Crippen LogP contribution in [0.2, 0.25) is 0 Å². The van der Waals surface area contributed by atoms with E-state index in [9.17, 15) is 13.2 Å². The molecule has 158 valence electrons. The van der Waals surface area contributed by atoms with Crippen LogP contribution in [0, 0.1) is 0 Å². The van der Waals surface area contributed by atoms with Gasteiger partial charge in [-0.1, -0.05) is 12.5 Å². The lowest BCUT2D eigenvalue weighted by atomic mass is 10.1. The molecule has 1 fully saturated rings. The Kier molecular flexibility index (Phi) is 7.93. The van der Waals surface area contributed by atoms with Gasteiger partial charge in [0.15, 0.2) is 0 Å². The second-order valence-electron chi connectivity index (χ2n) is 7.63. The van der Waals surface area contributed by atoms with Crippen molar-refractivity contribution in [3.63, 3.8) is 0 Å². The number of nitrogens with one attached hydrogen (secondary N) is 2. The molecule has 0 spiro atoms. The summed E-state index contributed by atoms with van der Waals surface area (Å²) in [6, 6.07) is 4.61. The van der Waals surface area contributed by atoms with Crippen LogP contribution >= 0.6 is 0 Å². The minimum Gasteiger partial charge on any atom is -0.370 e. The number of alkyl halides is 3. The fourth-order valence-electron chi connectivity index (χ4n) is 4.01. The summed E-state index contributed by atoms with van der Waals surface area (Å²) in [7, 11) is 0. The molecule has 3 rings (SSSR count). The summed E-state index contributed by atoms with van der Waals surface area (Å²) in [6.07, 6.45) is 2.70. The van der Waals surface area contributed by atoms with Crippen molar-refractivity contribution < 1.29 is 17.9 Å². The minimum atomic E-state index is -4.55. The summed E-state index contributed by atoms with van der Waals surface area (Å²) >= 11 is 0. The second kappa shape index (κ2) is 10.4. The number of fused-ring (bicyclic) bond motifs is 1. The van der Waals surface area contributed by atoms with Crippen molar-refractivity contribution in [2.75, 3.05) is 44.6 Å². The number of hydrogen-bond donors (Lipinski definition) is 2. The lowest BCUT2D eigenvalue weighted by molar-refractivity contribution is -0.325. The molecule has 1 saturated heterocycles. The first kappa shape index (κ1) is 21.3. The van der Waals surface area contributed by atoms with Crippen LogP contribution in [-0.2, 0) is 17.6 Å². The van der Waals surface area contributed by atoms with E-state index in [1.165, 1.54) is 5.56 Å². The number of rotatable bonds is 10. The molecule has 3 heterocycles. The third-order valence-electron chi connectivity index (χ3n) is 5.52. The quantitative estimate of drug-likeness (QED) is 0.590. The molecular formula is C20H31F3N4O. The van der Waals surface area contributed by atoms with E-state index in [2.05, 4.69) is 32.4 Å². The molecule has 0 radical (unpaired) electrons. The van der Waals surface area contributed by atoms with Gasteiger partial charge in [-0.3, -0.25) is 9.64 Å². The van der Waals surface area contributed by atoms with Crippen LogP contribution in [0.1, 0.15) is 43.4 Å². The molecule has 2 aliphatic rings. The van der Waals surface area contributed by atoms with Crippen molar-refractivity contribution in [2.24, 2.45) is 0 Å². The SMILES string of the molecule is FC(F)(F)OCCN(CCCCCc1ccc2c(n1)NCCC2)[C@@H]1CCNC1. The lowest BCUT2D eigenvalue weighted by Crippen LogP contribution is -2.40. The molecule has 0 bridgehead atoms. The number of pyridine rings is 1. The Balaban J connectivity index is 1.37. The molecule has 0 amide bonds. The molecule has 8 heteroatoms. The van der Waals surface area contributed by atoms with Gasteiger partial charge >= 0.3 is 6.36 Å². The van der Waals surface area contributed by atoms with Crippen LogP contribution in [0.5, 0.6) is 0 Å². The van der Waals surface area contributed by atoms with E-state index >= 15 is 0 Å². The summed E-state index contributed by atoms with van der Waals surface area (Å²) in [6.45, 7) is 3.60. The number of nitrogens with zero attached hydrogens (tertiary/aromatic N) is 2. The summed E-state index contributed by atoms with van der Waals surface area (Å²) < 4.78 is 40.7. The van der Waals surface area contributed by atoms with Gasteiger partial charge in [0.05, 0.1) is 6.61 Å². The predicted molar refractivity (Wildman–Crippen MR) is 103 cm³/mol. The first-order chi connectivity index (χ1) is 13.5. The van der Waals surface area contributed by atoms with Crippen molar-refractivity contribution >= 4 is 5.82 Å². The molecule has 5 nitrogen and oxygen atoms in total. The molecule has 1 aromatic heterocycles. The first-order valence-electron chi connectivity index (χ1n) is 10.4. The number of halogens is 3. The second-order valence-corrected chi connectivity index (χ2v) is 7.63. The number of unbranched alkanes of at least 4 members (excludes halogenated alkanes) is 2. The van der Waals surface area contributed by atoms with Gasteiger partial charge in [-0.15, -0.1) is 13.2 Å². The Bertz CT molecular complexity index is 606. The maximum Gasteiger partial charge on any atom is 0.522 e. The third kappa shape index (κ3) is 6.90. The molecule has 0 saturated carbocycles. The average molecular weight is 400 g/mol. The zero-order chi connectivity index (χ0) is 19.8. The molecular weight excluding hydrogens is 369 g/mol. The van der Waals surface area contributed by atoms with Crippen LogP contribution in [0.25, 0.3) is 0 Å². The van der Waals surface area contributed by atoms with Gasteiger partial charge < -0.3 is 10.6 Å². The van der Waals surface area contributed by atoms with Crippen molar-refractivity contribution in [1.82, 2.24) is 15.2 Å². The van der Waals surface area contributed by atoms with Crippen molar-refractivity contribution in [1.29, 1.82) is 0 Å². The van der Waals surface area contributed by atoms with Gasteiger partial charge in [-0.25, -0.2) is 4.98 Å². The molecule has 2 aliphatic heterocycles. The van der Waals surface area contributed by atoms with Crippen LogP contribution in [0.3, 0.4) is 0 Å². The van der Waals surface area contributed by atoms with E-state index in [0.29, 0.717) is 12.6 Å². The van der Waals surface area contributed by atoms with Crippen LogP contribution in [-0.4, -0.2) is 61.6 Å². The van der Waals surface area contributed by atoms with Gasteiger partial charge in [0, 0.05) is 31.4 Å². The van der Waals surface area contributed by atoms with E-state index in [1.54, 1.807) is 0 Å². The maximum absolute atomic E-state index is 12.2. The number of aromatic nitrogens is 1. The predicted octanol–water partition coefficient (Wildman–Crippen LogP) is 3.35. The number of aryl methyl sites for hydroxylation is 2. The van der Waals surface area contributed by atoms with Gasteiger partial charge in [0.2, 0.25) is 0 Å². The lowest BCUT2D eigenvalue weighted by Gasteiger charge is -2.28. The Morgan fingerprint density at radius 2 is 2.04 bits per heavy atom. The first-order valence-corrected chi connectivity index (χ1v) is 10.4. The summed E-state index contributed by atoms with van der Waals surface area (Å²) in [5.41, 5.74) is 2.42. The summed E-state index contributed by atoms with van der Waals surface area (Å²) in [5.74, 6) is 1.04. The number of anilines is 1. The maximum atomic E-state index is 12.2. The monoisotopic (exact) mass is 400 g/mol. The van der Waals surface area contributed by atoms with E-state index in [-0.39, 0.29) is 6.61 Å². The Morgan fingerprint density at radius 1 is 1.14 bits per heavy atom. The fraction of sp³-hybridized carbons (Fsp3) is 0.750. The van der Waals surface area contributed by atoms with E-state index in [4.69, 9.17) is 4.98 Å². The summed E-state index contributed by atoms with van der Waals surface area (Å²) in [5, 5.41) is 6.65. The molecule has 1 aromatic rings. The van der Waals surface area contributed by atoms with Crippen LogP contribution in [0.4, 0.5) is 19.0 Å². The smallest absolute Gasteiger partial charge is 0.370 e. The van der Waals surface area contributed by atoms with E-state index in [0.717, 1.165) is 82.6 Å². The highest BCUT2D eigenvalue weighted by Crippen LogP contribution is 2.21.